The Morgan fingerprint density at radius 2 is 2.08 bits per heavy atom. The minimum absolute atomic E-state index is 0.0223. The molecule has 2 fully saturated rings. The topological polar surface area (TPSA) is 64.1 Å². The van der Waals surface area contributed by atoms with Crippen LogP contribution in [0.3, 0.4) is 0 Å². The van der Waals surface area contributed by atoms with E-state index in [-0.39, 0.29) is 18.1 Å². The molecule has 1 saturated carbocycles. The van der Waals surface area contributed by atoms with Crippen molar-refractivity contribution in [2.75, 3.05) is 6.61 Å². The van der Waals surface area contributed by atoms with Crippen LogP contribution in [0.25, 0.3) is 10.2 Å². The Hall–Kier alpha value is -1.53. The first-order chi connectivity index (χ1) is 11.5. The fraction of sp³-hybridized carbons (Fsp3) is 0.611. The molecule has 3 heterocycles. The van der Waals surface area contributed by atoms with Gasteiger partial charge in [0.15, 0.2) is 0 Å². The third-order valence-corrected chi connectivity index (χ3v) is 6.20. The van der Waals surface area contributed by atoms with Gasteiger partial charge in [-0.2, -0.15) is 0 Å². The monoisotopic (exact) mass is 345 g/mol. The molecular weight excluding hydrogens is 322 g/mol. The van der Waals surface area contributed by atoms with Crippen LogP contribution < -0.4 is 5.32 Å². The third-order valence-electron chi connectivity index (χ3n) is 5.02. The summed E-state index contributed by atoms with van der Waals surface area (Å²) in [6, 6.07) is 0.0267. The van der Waals surface area contributed by atoms with Crippen LogP contribution in [-0.2, 0) is 4.74 Å². The first-order valence-corrected chi connectivity index (χ1v) is 9.56. The molecule has 0 aromatic carbocycles. The number of hydrogen-bond acceptors (Lipinski definition) is 5. The maximum atomic E-state index is 12.7. The first-order valence-electron chi connectivity index (χ1n) is 8.74. The Morgan fingerprint density at radius 1 is 1.29 bits per heavy atom. The Kier molecular flexibility index (Phi) is 4.04. The van der Waals surface area contributed by atoms with Gasteiger partial charge in [-0.25, -0.2) is 9.97 Å². The number of carbonyl (C=O) groups is 1. The van der Waals surface area contributed by atoms with Gasteiger partial charge in [-0.1, -0.05) is 0 Å². The molecule has 5 nitrogen and oxygen atoms in total. The van der Waals surface area contributed by atoms with Crippen LogP contribution in [0, 0.1) is 13.8 Å². The molecule has 128 valence electrons. The maximum absolute atomic E-state index is 12.7. The van der Waals surface area contributed by atoms with Crippen LogP contribution in [0.15, 0.2) is 0 Å². The van der Waals surface area contributed by atoms with Crippen molar-refractivity contribution >= 4 is 27.5 Å². The number of fused-ring (bicyclic) bond motifs is 1. The van der Waals surface area contributed by atoms with Crippen molar-refractivity contribution in [3.05, 3.63) is 22.0 Å². The van der Waals surface area contributed by atoms with Crippen molar-refractivity contribution in [2.24, 2.45) is 0 Å². The number of nitrogens with zero attached hydrogens (tertiary/aromatic N) is 2. The van der Waals surface area contributed by atoms with Crippen molar-refractivity contribution in [2.45, 2.75) is 64.5 Å². The number of carbonyl (C=O) groups excluding carboxylic acids is 1. The number of ether oxygens (including phenoxy) is 1. The summed E-state index contributed by atoms with van der Waals surface area (Å²) < 4.78 is 5.68. The molecule has 2 aromatic rings. The Bertz CT molecular complexity index is 791. The van der Waals surface area contributed by atoms with Gasteiger partial charge in [0.25, 0.3) is 5.91 Å². The molecule has 2 atom stereocenters. The van der Waals surface area contributed by atoms with Gasteiger partial charge in [-0.3, -0.25) is 4.79 Å². The Morgan fingerprint density at radius 3 is 2.75 bits per heavy atom. The molecule has 0 spiro atoms. The van der Waals surface area contributed by atoms with E-state index in [1.807, 2.05) is 20.8 Å². The summed E-state index contributed by atoms with van der Waals surface area (Å²) in [4.78, 5) is 23.8. The van der Waals surface area contributed by atoms with E-state index in [0.717, 1.165) is 51.6 Å². The van der Waals surface area contributed by atoms with Crippen molar-refractivity contribution in [3.8, 4) is 0 Å². The molecule has 1 saturated heterocycles. The zero-order chi connectivity index (χ0) is 16.8. The molecule has 6 heteroatoms. The van der Waals surface area contributed by atoms with E-state index < -0.39 is 0 Å². The van der Waals surface area contributed by atoms with Gasteiger partial charge in [0.1, 0.15) is 10.7 Å². The van der Waals surface area contributed by atoms with Crippen LogP contribution in [0.1, 0.15) is 65.3 Å². The van der Waals surface area contributed by atoms with E-state index >= 15 is 0 Å². The van der Waals surface area contributed by atoms with E-state index in [0.29, 0.717) is 5.92 Å². The summed E-state index contributed by atoms with van der Waals surface area (Å²) >= 11 is 1.49. The Balaban J connectivity index is 1.62. The van der Waals surface area contributed by atoms with E-state index in [4.69, 9.17) is 9.72 Å². The predicted octanol–water partition coefficient (Wildman–Crippen LogP) is 3.48. The number of aromatic nitrogens is 2. The molecule has 1 amide bonds. The van der Waals surface area contributed by atoms with Gasteiger partial charge in [0.05, 0.1) is 22.7 Å². The second-order valence-electron chi connectivity index (χ2n) is 6.99. The smallest absolute Gasteiger partial charge is 0.262 e. The molecule has 0 bridgehead atoms. The standard InChI is InChI=1S/C18H23N3O2S/c1-9-14-11(3)19-16(12-6-7-12)21-18(14)24-15(9)17(22)20-10(2)13-5-4-8-23-13/h10,12-13H,4-8H2,1-3H3,(H,20,22)/t10-,13-/m1/s1. The summed E-state index contributed by atoms with van der Waals surface area (Å²) in [6.45, 7) is 6.84. The number of amides is 1. The second-order valence-corrected chi connectivity index (χ2v) is 7.99. The SMILES string of the molecule is Cc1nc(C2CC2)nc2sc(C(=O)N[C@H](C)[C@H]3CCCO3)c(C)c12. The molecule has 24 heavy (non-hydrogen) atoms. The van der Waals surface area contributed by atoms with E-state index in [1.54, 1.807) is 0 Å². The van der Waals surface area contributed by atoms with Crippen LogP contribution >= 0.6 is 11.3 Å². The van der Waals surface area contributed by atoms with Gasteiger partial charge in [0.2, 0.25) is 0 Å². The second kappa shape index (κ2) is 6.08. The van der Waals surface area contributed by atoms with Gasteiger partial charge in [0, 0.05) is 17.9 Å². The highest BCUT2D eigenvalue weighted by Crippen LogP contribution is 2.40. The quantitative estimate of drug-likeness (QED) is 0.921. The first kappa shape index (κ1) is 16.0. The lowest BCUT2D eigenvalue weighted by atomic mass is 10.1. The number of nitrogens with one attached hydrogen (secondary N) is 1. The number of rotatable bonds is 4. The van der Waals surface area contributed by atoms with E-state index in [1.165, 1.54) is 24.2 Å². The summed E-state index contributed by atoms with van der Waals surface area (Å²) in [5, 5.41) is 4.15. The fourth-order valence-electron chi connectivity index (χ4n) is 3.46. The van der Waals surface area contributed by atoms with Gasteiger partial charge < -0.3 is 10.1 Å². The molecule has 1 N–H and O–H groups in total. The molecule has 4 rings (SSSR count). The van der Waals surface area contributed by atoms with Crippen molar-refractivity contribution in [1.29, 1.82) is 0 Å². The third kappa shape index (κ3) is 2.82. The van der Waals surface area contributed by atoms with Crippen LogP contribution in [-0.4, -0.2) is 34.6 Å². The normalized spacial score (nSPS) is 22.0. The van der Waals surface area contributed by atoms with E-state index in [9.17, 15) is 4.79 Å². The molecule has 2 aromatic heterocycles. The molecule has 1 aliphatic carbocycles. The molecule has 1 aliphatic heterocycles. The van der Waals surface area contributed by atoms with Crippen molar-refractivity contribution in [3.63, 3.8) is 0 Å². The average Bonchev–Trinajstić information content (AvgIpc) is 3.13. The van der Waals surface area contributed by atoms with Crippen LogP contribution in [0.4, 0.5) is 0 Å². The average molecular weight is 345 g/mol. The van der Waals surface area contributed by atoms with E-state index in [2.05, 4.69) is 10.3 Å². The Labute approximate surface area is 145 Å². The molecule has 2 aliphatic rings. The lowest BCUT2D eigenvalue weighted by Gasteiger charge is -2.19. The predicted molar refractivity (Wildman–Crippen MR) is 94.8 cm³/mol. The highest BCUT2D eigenvalue weighted by Gasteiger charge is 2.29. The number of thiophene rings is 1. The van der Waals surface area contributed by atoms with Crippen LogP contribution in [0.2, 0.25) is 0 Å². The molecule has 0 unspecified atom stereocenters. The summed E-state index contributed by atoms with van der Waals surface area (Å²) in [5.41, 5.74) is 1.98. The highest BCUT2D eigenvalue weighted by atomic mass is 32.1. The fourth-order valence-corrected chi connectivity index (χ4v) is 4.60. The molecule has 0 radical (unpaired) electrons. The van der Waals surface area contributed by atoms with Gasteiger partial charge >= 0.3 is 0 Å². The lowest BCUT2D eigenvalue weighted by Crippen LogP contribution is -2.40. The summed E-state index contributed by atoms with van der Waals surface area (Å²) in [6.07, 6.45) is 4.59. The van der Waals surface area contributed by atoms with Crippen LogP contribution in [0.5, 0.6) is 0 Å². The summed E-state index contributed by atoms with van der Waals surface area (Å²) in [5.74, 6) is 1.44. The maximum Gasteiger partial charge on any atom is 0.262 e. The van der Waals surface area contributed by atoms with Gasteiger partial charge in [-0.05, 0) is 52.0 Å². The zero-order valence-electron chi connectivity index (χ0n) is 14.4. The van der Waals surface area contributed by atoms with Crippen molar-refractivity contribution in [1.82, 2.24) is 15.3 Å². The largest absolute Gasteiger partial charge is 0.376 e. The minimum Gasteiger partial charge on any atom is -0.376 e. The molecular formula is C18H23N3O2S. The minimum atomic E-state index is -0.0223. The lowest BCUT2D eigenvalue weighted by molar-refractivity contribution is 0.0714. The highest BCUT2D eigenvalue weighted by molar-refractivity contribution is 7.20. The zero-order valence-corrected chi connectivity index (χ0v) is 15.2. The van der Waals surface area contributed by atoms with Crippen molar-refractivity contribution < 1.29 is 9.53 Å². The number of aryl methyl sites for hydroxylation is 2. The summed E-state index contributed by atoms with van der Waals surface area (Å²) in [7, 11) is 0. The van der Waals surface area contributed by atoms with Gasteiger partial charge in [-0.15, -0.1) is 11.3 Å². The number of hydrogen-bond donors (Lipinski definition) is 1.